The second-order valence-corrected chi connectivity index (χ2v) is 4.99. The Hall–Kier alpha value is -0.610. The first-order valence-corrected chi connectivity index (χ1v) is 5.94. The summed E-state index contributed by atoms with van der Waals surface area (Å²) in [4.78, 5) is 4.24. The van der Waals surface area contributed by atoms with Gasteiger partial charge in [-0.25, -0.2) is 4.98 Å². The van der Waals surface area contributed by atoms with E-state index in [0.29, 0.717) is 5.88 Å². The van der Waals surface area contributed by atoms with Gasteiger partial charge in [0.2, 0.25) is 5.88 Å². The fraction of sp³-hybridized carbons (Fsp3) is 0.545. The average molecular weight is 271 g/mol. The van der Waals surface area contributed by atoms with Crippen LogP contribution < -0.4 is 10.5 Å². The third-order valence-electron chi connectivity index (χ3n) is 3.04. The molecule has 0 spiro atoms. The number of nitrogens with zero attached hydrogens (tertiary/aromatic N) is 1. The van der Waals surface area contributed by atoms with Gasteiger partial charge in [-0.05, 0) is 34.8 Å². The molecule has 0 aromatic carbocycles. The first-order chi connectivity index (χ1) is 7.15. The van der Waals surface area contributed by atoms with Gasteiger partial charge in [0.1, 0.15) is 0 Å². The molecular formula is C11H15BrN2O. The Kier molecular flexibility index (Phi) is 2.98. The van der Waals surface area contributed by atoms with Crippen LogP contribution in [0.1, 0.15) is 31.2 Å². The largest absolute Gasteiger partial charge is 0.481 e. The predicted molar refractivity (Wildman–Crippen MR) is 62.8 cm³/mol. The smallest absolute Gasteiger partial charge is 0.218 e. The summed E-state index contributed by atoms with van der Waals surface area (Å²) in [7, 11) is 1.64. The van der Waals surface area contributed by atoms with Gasteiger partial charge in [0.05, 0.1) is 7.11 Å². The molecule has 82 valence electrons. The number of nitrogens with two attached hydrogens (primary N) is 1. The lowest BCUT2D eigenvalue weighted by Crippen LogP contribution is -2.33. The zero-order valence-corrected chi connectivity index (χ0v) is 10.4. The summed E-state index contributed by atoms with van der Waals surface area (Å²) in [5.41, 5.74) is 7.16. The fourth-order valence-corrected chi connectivity index (χ4v) is 2.55. The van der Waals surface area contributed by atoms with Gasteiger partial charge < -0.3 is 10.5 Å². The molecule has 3 nitrogen and oxygen atoms in total. The molecule has 0 atom stereocenters. The van der Waals surface area contributed by atoms with Crippen LogP contribution in [0.2, 0.25) is 0 Å². The number of halogens is 1. The summed E-state index contributed by atoms with van der Waals surface area (Å²) in [5.74, 6) is 0.655. The van der Waals surface area contributed by atoms with Gasteiger partial charge in [-0.1, -0.05) is 12.8 Å². The number of rotatable bonds is 2. The Balaban J connectivity index is 2.44. The Morgan fingerprint density at radius 2 is 2.13 bits per heavy atom. The number of ether oxygens (including phenoxy) is 1. The van der Waals surface area contributed by atoms with Gasteiger partial charge in [0.25, 0.3) is 0 Å². The highest BCUT2D eigenvalue weighted by atomic mass is 79.9. The molecule has 1 aliphatic rings. The average Bonchev–Trinajstić information content (AvgIpc) is 2.66. The molecule has 1 heterocycles. The molecule has 1 fully saturated rings. The molecule has 1 aromatic rings. The van der Waals surface area contributed by atoms with Crippen molar-refractivity contribution in [3.63, 3.8) is 0 Å². The molecule has 1 aliphatic carbocycles. The molecule has 0 radical (unpaired) electrons. The molecule has 0 aliphatic heterocycles. The summed E-state index contributed by atoms with van der Waals surface area (Å²) in [6.45, 7) is 0. The van der Waals surface area contributed by atoms with E-state index in [1.54, 1.807) is 13.3 Å². The highest BCUT2D eigenvalue weighted by Crippen LogP contribution is 2.40. The maximum atomic E-state index is 6.38. The van der Waals surface area contributed by atoms with E-state index in [0.717, 1.165) is 22.9 Å². The lowest BCUT2D eigenvalue weighted by molar-refractivity contribution is 0.364. The maximum Gasteiger partial charge on any atom is 0.218 e. The Bertz CT molecular complexity index is 362. The van der Waals surface area contributed by atoms with Gasteiger partial charge >= 0.3 is 0 Å². The van der Waals surface area contributed by atoms with Crippen LogP contribution in [0.5, 0.6) is 5.88 Å². The third kappa shape index (κ3) is 2.01. The van der Waals surface area contributed by atoms with E-state index in [9.17, 15) is 0 Å². The highest BCUT2D eigenvalue weighted by molar-refractivity contribution is 9.10. The van der Waals surface area contributed by atoms with Crippen LogP contribution in [0.25, 0.3) is 0 Å². The van der Waals surface area contributed by atoms with Crippen molar-refractivity contribution in [3.05, 3.63) is 22.3 Å². The normalized spacial score (nSPS) is 19.1. The SMILES string of the molecule is COc1ncc(Br)cc1C1(N)CCCC1. The quantitative estimate of drug-likeness (QED) is 0.899. The molecule has 4 heteroatoms. The van der Waals surface area contributed by atoms with E-state index < -0.39 is 0 Å². The Labute approximate surface area is 98.2 Å². The van der Waals surface area contributed by atoms with Gasteiger partial charge in [-0.2, -0.15) is 0 Å². The summed E-state index contributed by atoms with van der Waals surface area (Å²) in [6.07, 6.45) is 6.14. The lowest BCUT2D eigenvalue weighted by Gasteiger charge is -2.25. The second-order valence-electron chi connectivity index (χ2n) is 4.07. The molecule has 0 bridgehead atoms. The van der Waals surface area contributed by atoms with Crippen LogP contribution >= 0.6 is 15.9 Å². The summed E-state index contributed by atoms with van der Waals surface area (Å²) in [6, 6.07) is 2.02. The van der Waals surface area contributed by atoms with E-state index in [-0.39, 0.29) is 5.54 Å². The van der Waals surface area contributed by atoms with Gasteiger partial charge in [0, 0.05) is 21.8 Å². The third-order valence-corrected chi connectivity index (χ3v) is 3.48. The van der Waals surface area contributed by atoms with Crippen molar-refractivity contribution >= 4 is 15.9 Å². The Morgan fingerprint density at radius 1 is 1.47 bits per heavy atom. The van der Waals surface area contributed by atoms with Crippen molar-refractivity contribution in [3.8, 4) is 5.88 Å². The van der Waals surface area contributed by atoms with Crippen LogP contribution in [-0.4, -0.2) is 12.1 Å². The number of methoxy groups -OCH3 is 1. The zero-order valence-electron chi connectivity index (χ0n) is 8.79. The minimum atomic E-state index is -0.248. The monoisotopic (exact) mass is 270 g/mol. The van der Waals surface area contributed by atoms with E-state index in [2.05, 4.69) is 20.9 Å². The van der Waals surface area contributed by atoms with Crippen molar-refractivity contribution in [1.82, 2.24) is 4.98 Å². The predicted octanol–water partition coefficient (Wildman–Crippen LogP) is 2.58. The molecule has 0 saturated heterocycles. The number of hydrogen-bond donors (Lipinski definition) is 1. The van der Waals surface area contributed by atoms with Crippen LogP contribution in [0.15, 0.2) is 16.7 Å². The van der Waals surface area contributed by atoms with Gasteiger partial charge in [-0.15, -0.1) is 0 Å². The van der Waals surface area contributed by atoms with Crippen molar-refractivity contribution in [2.75, 3.05) is 7.11 Å². The van der Waals surface area contributed by atoms with Crippen LogP contribution in [0, 0.1) is 0 Å². The minimum Gasteiger partial charge on any atom is -0.481 e. The van der Waals surface area contributed by atoms with Crippen LogP contribution in [0.4, 0.5) is 0 Å². The zero-order chi connectivity index (χ0) is 10.9. The molecule has 1 aromatic heterocycles. The standard InChI is InChI=1S/C11H15BrN2O/c1-15-10-9(6-8(12)7-14-10)11(13)4-2-3-5-11/h6-7H,2-5,13H2,1H3. The summed E-state index contributed by atoms with van der Waals surface area (Å²) < 4.78 is 6.22. The minimum absolute atomic E-state index is 0.248. The lowest BCUT2D eigenvalue weighted by atomic mass is 9.90. The number of aromatic nitrogens is 1. The van der Waals surface area contributed by atoms with E-state index >= 15 is 0 Å². The number of hydrogen-bond acceptors (Lipinski definition) is 3. The molecule has 15 heavy (non-hydrogen) atoms. The van der Waals surface area contributed by atoms with Crippen LogP contribution in [-0.2, 0) is 5.54 Å². The molecule has 2 rings (SSSR count). The first kappa shape index (κ1) is 10.9. The van der Waals surface area contributed by atoms with Gasteiger partial charge in [-0.3, -0.25) is 0 Å². The first-order valence-electron chi connectivity index (χ1n) is 5.14. The molecule has 0 amide bonds. The fourth-order valence-electron chi connectivity index (χ4n) is 2.22. The molecule has 2 N–H and O–H groups in total. The van der Waals surface area contributed by atoms with Gasteiger partial charge in [0.15, 0.2) is 0 Å². The molecular weight excluding hydrogens is 256 g/mol. The highest BCUT2D eigenvalue weighted by Gasteiger charge is 2.34. The maximum absolute atomic E-state index is 6.38. The van der Waals surface area contributed by atoms with E-state index in [1.165, 1.54) is 12.8 Å². The second kappa shape index (κ2) is 4.10. The van der Waals surface area contributed by atoms with Crippen LogP contribution in [0.3, 0.4) is 0 Å². The molecule has 1 saturated carbocycles. The summed E-state index contributed by atoms with van der Waals surface area (Å²) >= 11 is 3.42. The van der Waals surface area contributed by atoms with E-state index in [1.807, 2.05) is 6.07 Å². The topological polar surface area (TPSA) is 48.1 Å². The molecule has 0 unspecified atom stereocenters. The summed E-state index contributed by atoms with van der Waals surface area (Å²) in [5, 5.41) is 0. The Morgan fingerprint density at radius 3 is 2.73 bits per heavy atom. The van der Waals surface area contributed by atoms with Crippen molar-refractivity contribution in [2.24, 2.45) is 5.73 Å². The van der Waals surface area contributed by atoms with Crippen molar-refractivity contribution < 1.29 is 4.74 Å². The van der Waals surface area contributed by atoms with Crippen molar-refractivity contribution in [2.45, 2.75) is 31.2 Å². The van der Waals surface area contributed by atoms with E-state index in [4.69, 9.17) is 10.5 Å². The van der Waals surface area contributed by atoms with Crippen molar-refractivity contribution in [1.29, 1.82) is 0 Å². The number of pyridine rings is 1.